The molecule has 1 aliphatic heterocycles. The molecule has 0 amide bonds. The van der Waals surface area contributed by atoms with Crippen LogP contribution in [0.25, 0.3) is 0 Å². The highest BCUT2D eigenvalue weighted by Crippen LogP contribution is 2.26. The van der Waals surface area contributed by atoms with Gasteiger partial charge in [-0.3, -0.25) is 9.58 Å². The van der Waals surface area contributed by atoms with Gasteiger partial charge in [0.05, 0.1) is 16.4 Å². The fourth-order valence-electron chi connectivity index (χ4n) is 3.22. The van der Waals surface area contributed by atoms with Gasteiger partial charge in [-0.25, -0.2) is 0 Å². The van der Waals surface area contributed by atoms with Crippen molar-refractivity contribution in [3.63, 3.8) is 0 Å². The van der Waals surface area contributed by atoms with E-state index in [1.165, 1.54) is 6.42 Å². The van der Waals surface area contributed by atoms with Crippen LogP contribution in [0, 0.1) is 12.8 Å². The molecule has 2 heterocycles. The van der Waals surface area contributed by atoms with Crippen molar-refractivity contribution in [3.05, 3.63) is 16.4 Å². The van der Waals surface area contributed by atoms with Crippen molar-refractivity contribution in [2.24, 2.45) is 13.0 Å². The topological polar surface area (TPSA) is 33.1 Å². The van der Waals surface area contributed by atoms with Gasteiger partial charge in [-0.05, 0) is 33.1 Å². The first-order valence-electron chi connectivity index (χ1n) is 7.86. The Labute approximate surface area is 133 Å². The standard InChI is InChI=1S/C16H29ClN4/c1-11(2)7-13-8-18-16(4,5)10-21(13)9-14-15(17)12(3)19-20(14)6/h11,13,18H,7-10H2,1-6H3. The molecule has 2 rings (SSSR count). The third kappa shape index (κ3) is 3.99. The van der Waals surface area contributed by atoms with E-state index >= 15 is 0 Å². The van der Waals surface area contributed by atoms with Crippen LogP contribution >= 0.6 is 11.6 Å². The van der Waals surface area contributed by atoms with Gasteiger partial charge in [0.1, 0.15) is 0 Å². The number of hydrogen-bond acceptors (Lipinski definition) is 3. The van der Waals surface area contributed by atoms with E-state index in [9.17, 15) is 0 Å². The van der Waals surface area contributed by atoms with Crippen LogP contribution in [0.15, 0.2) is 0 Å². The number of nitrogens with zero attached hydrogens (tertiary/aromatic N) is 3. The van der Waals surface area contributed by atoms with Gasteiger partial charge in [-0.1, -0.05) is 25.4 Å². The molecule has 5 heteroatoms. The van der Waals surface area contributed by atoms with Gasteiger partial charge in [0.25, 0.3) is 0 Å². The third-order valence-electron chi connectivity index (χ3n) is 4.29. The summed E-state index contributed by atoms with van der Waals surface area (Å²) >= 11 is 6.43. The lowest BCUT2D eigenvalue weighted by Crippen LogP contribution is -2.61. The van der Waals surface area contributed by atoms with E-state index in [1.807, 2.05) is 18.7 Å². The molecular formula is C16H29ClN4. The van der Waals surface area contributed by atoms with Gasteiger partial charge < -0.3 is 5.32 Å². The molecule has 1 fully saturated rings. The summed E-state index contributed by atoms with van der Waals surface area (Å²) < 4.78 is 1.93. The van der Waals surface area contributed by atoms with Crippen LogP contribution in [-0.4, -0.2) is 39.4 Å². The van der Waals surface area contributed by atoms with Crippen LogP contribution in [0.4, 0.5) is 0 Å². The molecule has 0 aliphatic carbocycles. The van der Waals surface area contributed by atoms with Crippen LogP contribution < -0.4 is 5.32 Å². The van der Waals surface area contributed by atoms with Gasteiger partial charge in [0.15, 0.2) is 0 Å². The monoisotopic (exact) mass is 312 g/mol. The number of hydrogen-bond donors (Lipinski definition) is 1. The average Bonchev–Trinajstić information content (AvgIpc) is 2.58. The smallest absolute Gasteiger partial charge is 0.0860 e. The summed E-state index contributed by atoms with van der Waals surface area (Å²) in [5, 5.41) is 8.92. The second-order valence-corrected chi connectivity index (χ2v) is 7.80. The number of rotatable bonds is 4. The number of aromatic nitrogens is 2. The quantitative estimate of drug-likeness (QED) is 0.928. The van der Waals surface area contributed by atoms with E-state index in [2.05, 4.69) is 43.0 Å². The molecule has 1 aromatic heterocycles. The molecular weight excluding hydrogens is 284 g/mol. The summed E-state index contributed by atoms with van der Waals surface area (Å²) in [6.45, 7) is 14.0. The summed E-state index contributed by atoms with van der Waals surface area (Å²) in [4.78, 5) is 2.57. The SMILES string of the molecule is Cc1nn(C)c(CN2CC(C)(C)NCC2CC(C)C)c1Cl. The van der Waals surface area contributed by atoms with Crippen molar-refractivity contribution in [2.75, 3.05) is 13.1 Å². The molecule has 1 aromatic rings. The van der Waals surface area contributed by atoms with Crippen molar-refractivity contribution in [2.45, 2.75) is 59.2 Å². The first-order valence-corrected chi connectivity index (χ1v) is 8.24. The second kappa shape index (κ2) is 6.27. The summed E-state index contributed by atoms with van der Waals surface area (Å²) in [5.74, 6) is 0.698. The highest BCUT2D eigenvalue weighted by atomic mass is 35.5. The third-order valence-corrected chi connectivity index (χ3v) is 4.78. The van der Waals surface area contributed by atoms with Crippen LogP contribution in [0.3, 0.4) is 0 Å². The van der Waals surface area contributed by atoms with Crippen molar-refractivity contribution in [1.29, 1.82) is 0 Å². The van der Waals surface area contributed by atoms with Crippen LogP contribution in [0.5, 0.6) is 0 Å². The zero-order valence-electron chi connectivity index (χ0n) is 14.2. The molecule has 1 aliphatic rings. The Balaban J connectivity index is 2.19. The number of piperazine rings is 1. The summed E-state index contributed by atoms with van der Waals surface area (Å²) in [6.07, 6.45) is 1.21. The predicted molar refractivity (Wildman–Crippen MR) is 88.7 cm³/mol. The first-order chi connectivity index (χ1) is 9.69. The Kier molecular flexibility index (Phi) is 5.01. The fraction of sp³-hybridized carbons (Fsp3) is 0.812. The number of halogens is 1. The van der Waals surface area contributed by atoms with Gasteiger partial charge in [-0.2, -0.15) is 5.10 Å². The molecule has 0 spiro atoms. The van der Waals surface area contributed by atoms with Crippen molar-refractivity contribution < 1.29 is 0 Å². The molecule has 1 N–H and O–H groups in total. The van der Waals surface area contributed by atoms with Gasteiger partial charge >= 0.3 is 0 Å². The lowest BCUT2D eigenvalue weighted by Gasteiger charge is -2.45. The fourth-order valence-corrected chi connectivity index (χ4v) is 3.44. The lowest BCUT2D eigenvalue weighted by molar-refractivity contribution is 0.0738. The molecule has 0 bridgehead atoms. The van der Waals surface area contributed by atoms with Crippen LogP contribution in [0.2, 0.25) is 5.02 Å². The summed E-state index contributed by atoms with van der Waals surface area (Å²) in [7, 11) is 1.99. The number of nitrogens with one attached hydrogen (secondary N) is 1. The van der Waals surface area contributed by atoms with E-state index in [0.29, 0.717) is 12.0 Å². The highest BCUT2D eigenvalue weighted by molar-refractivity contribution is 6.31. The molecule has 0 saturated carbocycles. The van der Waals surface area contributed by atoms with Gasteiger partial charge in [0, 0.05) is 38.3 Å². The second-order valence-electron chi connectivity index (χ2n) is 7.42. The van der Waals surface area contributed by atoms with Gasteiger partial charge in [0.2, 0.25) is 0 Å². The maximum absolute atomic E-state index is 6.43. The Morgan fingerprint density at radius 2 is 2.10 bits per heavy atom. The van der Waals surface area contributed by atoms with E-state index < -0.39 is 0 Å². The van der Waals surface area contributed by atoms with Crippen molar-refractivity contribution >= 4 is 11.6 Å². The van der Waals surface area contributed by atoms with Gasteiger partial charge in [-0.15, -0.1) is 0 Å². The number of aryl methyl sites for hydroxylation is 2. The Morgan fingerprint density at radius 1 is 1.43 bits per heavy atom. The Hall–Kier alpha value is -0.580. The minimum atomic E-state index is 0.146. The molecule has 1 saturated heterocycles. The summed E-state index contributed by atoms with van der Waals surface area (Å²) in [5.41, 5.74) is 2.19. The molecule has 1 unspecified atom stereocenters. The normalized spacial score (nSPS) is 23.0. The minimum Gasteiger partial charge on any atom is -0.309 e. The zero-order valence-corrected chi connectivity index (χ0v) is 15.0. The Bertz CT molecular complexity index is 493. The average molecular weight is 313 g/mol. The summed E-state index contributed by atoms with van der Waals surface area (Å²) in [6, 6.07) is 0.560. The highest BCUT2D eigenvalue weighted by Gasteiger charge is 2.33. The van der Waals surface area contributed by atoms with E-state index in [1.54, 1.807) is 0 Å². The van der Waals surface area contributed by atoms with Crippen molar-refractivity contribution in [3.8, 4) is 0 Å². The Morgan fingerprint density at radius 3 is 2.62 bits per heavy atom. The molecule has 1 atom stereocenters. The lowest BCUT2D eigenvalue weighted by atomic mass is 9.94. The van der Waals surface area contributed by atoms with Crippen LogP contribution in [-0.2, 0) is 13.6 Å². The van der Waals surface area contributed by atoms with E-state index in [-0.39, 0.29) is 5.54 Å². The molecule has 21 heavy (non-hydrogen) atoms. The largest absolute Gasteiger partial charge is 0.309 e. The first kappa shape index (κ1) is 16.8. The zero-order chi connectivity index (χ0) is 15.8. The minimum absolute atomic E-state index is 0.146. The van der Waals surface area contributed by atoms with E-state index in [0.717, 1.165) is 36.0 Å². The maximum atomic E-state index is 6.43. The van der Waals surface area contributed by atoms with Crippen LogP contribution in [0.1, 0.15) is 45.5 Å². The molecule has 0 radical (unpaired) electrons. The maximum Gasteiger partial charge on any atom is 0.0860 e. The molecule has 4 nitrogen and oxygen atoms in total. The predicted octanol–water partition coefficient (Wildman–Crippen LogP) is 2.98. The van der Waals surface area contributed by atoms with E-state index in [4.69, 9.17) is 11.6 Å². The molecule has 120 valence electrons. The molecule has 0 aromatic carbocycles. The van der Waals surface area contributed by atoms with Crippen molar-refractivity contribution in [1.82, 2.24) is 20.0 Å².